The standard InChI is InChI=1S/C18H24O2/c1-4-20-17(19)18(11-10-14(2)15(3)12-18)13-16-8-6-5-7-9-16/h5-9H,4,10-13H2,1-3H3. The molecule has 0 bridgehead atoms. The minimum atomic E-state index is -0.374. The molecule has 0 radical (unpaired) electrons. The lowest BCUT2D eigenvalue weighted by Gasteiger charge is -2.36. The van der Waals surface area contributed by atoms with Crippen LogP contribution >= 0.6 is 0 Å². The van der Waals surface area contributed by atoms with Crippen molar-refractivity contribution in [2.45, 2.75) is 46.5 Å². The van der Waals surface area contributed by atoms with E-state index in [1.165, 1.54) is 16.7 Å². The molecule has 1 aromatic carbocycles. The second-order valence-electron chi connectivity index (χ2n) is 5.90. The summed E-state index contributed by atoms with van der Waals surface area (Å²) in [5, 5.41) is 0. The van der Waals surface area contributed by atoms with E-state index >= 15 is 0 Å². The van der Waals surface area contributed by atoms with Crippen molar-refractivity contribution < 1.29 is 9.53 Å². The number of carbonyl (C=O) groups excluding carboxylic acids is 1. The van der Waals surface area contributed by atoms with Crippen molar-refractivity contribution in [3.63, 3.8) is 0 Å². The summed E-state index contributed by atoms with van der Waals surface area (Å²) in [4.78, 5) is 12.5. The van der Waals surface area contributed by atoms with E-state index in [1.54, 1.807) is 0 Å². The van der Waals surface area contributed by atoms with Crippen LogP contribution in [0.4, 0.5) is 0 Å². The Bertz CT molecular complexity index is 501. The van der Waals surface area contributed by atoms with Crippen LogP contribution in [-0.2, 0) is 16.0 Å². The third-order valence-corrected chi connectivity index (χ3v) is 4.40. The molecule has 2 rings (SSSR count). The molecule has 1 aliphatic carbocycles. The first-order valence-corrected chi connectivity index (χ1v) is 7.44. The lowest BCUT2D eigenvalue weighted by atomic mass is 9.68. The van der Waals surface area contributed by atoms with Crippen molar-refractivity contribution >= 4 is 5.97 Å². The molecule has 0 fully saturated rings. The molecular formula is C18H24O2. The average molecular weight is 272 g/mol. The van der Waals surface area contributed by atoms with E-state index in [2.05, 4.69) is 26.0 Å². The van der Waals surface area contributed by atoms with Crippen molar-refractivity contribution in [1.29, 1.82) is 0 Å². The van der Waals surface area contributed by atoms with Gasteiger partial charge in [-0.15, -0.1) is 0 Å². The Morgan fingerprint density at radius 1 is 1.20 bits per heavy atom. The molecule has 0 aliphatic heterocycles. The number of rotatable bonds is 4. The van der Waals surface area contributed by atoms with E-state index < -0.39 is 0 Å². The number of benzene rings is 1. The Balaban J connectivity index is 2.28. The molecule has 0 heterocycles. The van der Waals surface area contributed by atoms with Gasteiger partial charge in [-0.1, -0.05) is 41.5 Å². The van der Waals surface area contributed by atoms with Crippen LogP contribution in [-0.4, -0.2) is 12.6 Å². The van der Waals surface area contributed by atoms with Crippen molar-refractivity contribution in [2.24, 2.45) is 5.41 Å². The Labute approximate surface area is 121 Å². The van der Waals surface area contributed by atoms with E-state index in [9.17, 15) is 4.79 Å². The molecule has 0 spiro atoms. The average Bonchev–Trinajstić information content (AvgIpc) is 2.44. The van der Waals surface area contributed by atoms with Gasteiger partial charge in [0, 0.05) is 0 Å². The summed E-state index contributed by atoms with van der Waals surface area (Å²) in [6.07, 6.45) is 3.49. The lowest BCUT2D eigenvalue weighted by molar-refractivity contribution is -0.156. The van der Waals surface area contributed by atoms with Gasteiger partial charge in [-0.25, -0.2) is 0 Å². The Morgan fingerprint density at radius 3 is 2.50 bits per heavy atom. The van der Waals surface area contributed by atoms with Gasteiger partial charge >= 0.3 is 5.97 Å². The molecular weight excluding hydrogens is 248 g/mol. The highest BCUT2D eigenvalue weighted by atomic mass is 16.5. The van der Waals surface area contributed by atoms with Gasteiger partial charge in [0.25, 0.3) is 0 Å². The summed E-state index contributed by atoms with van der Waals surface area (Å²) in [5.74, 6) is -0.0318. The first kappa shape index (κ1) is 14.8. The van der Waals surface area contributed by atoms with Crippen LogP contribution in [0.1, 0.15) is 45.6 Å². The summed E-state index contributed by atoms with van der Waals surface area (Å²) in [6.45, 7) is 6.66. The van der Waals surface area contributed by atoms with Crippen LogP contribution in [0.25, 0.3) is 0 Å². The third kappa shape index (κ3) is 3.12. The SMILES string of the molecule is CCOC(=O)C1(Cc2ccccc2)CCC(C)=C(C)C1. The first-order chi connectivity index (χ1) is 9.57. The van der Waals surface area contributed by atoms with Crippen molar-refractivity contribution in [3.8, 4) is 0 Å². The van der Waals surface area contributed by atoms with E-state index in [0.29, 0.717) is 6.61 Å². The quantitative estimate of drug-likeness (QED) is 0.603. The fourth-order valence-corrected chi connectivity index (χ4v) is 3.06. The smallest absolute Gasteiger partial charge is 0.312 e. The van der Waals surface area contributed by atoms with Gasteiger partial charge in [-0.2, -0.15) is 0 Å². The van der Waals surface area contributed by atoms with Crippen molar-refractivity contribution in [3.05, 3.63) is 47.0 Å². The highest BCUT2D eigenvalue weighted by molar-refractivity contribution is 5.78. The van der Waals surface area contributed by atoms with Gasteiger partial charge in [-0.05, 0) is 52.0 Å². The van der Waals surface area contributed by atoms with Crippen LogP contribution in [0.5, 0.6) is 0 Å². The van der Waals surface area contributed by atoms with E-state index in [1.807, 2.05) is 25.1 Å². The molecule has 0 saturated heterocycles. The molecule has 1 unspecified atom stereocenters. The predicted molar refractivity (Wildman–Crippen MR) is 81.4 cm³/mol. The van der Waals surface area contributed by atoms with Gasteiger partial charge in [0.15, 0.2) is 0 Å². The van der Waals surface area contributed by atoms with Crippen LogP contribution < -0.4 is 0 Å². The Morgan fingerprint density at radius 2 is 1.90 bits per heavy atom. The molecule has 0 aromatic heterocycles. The van der Waals surface area contributed by atoms with Crippen molar-refractivity contribution in [2.75, 3.05) is 6.61 Å². The maximum atomic E-state index is 12.5. The lowest BCUT2D eigenvalue weighted by Crippen LogP contribution is -2.37. The molecule has 0 N–H and O–H groups in total. The molecule has 1 aromatic rings. The number of esters is 1. The second kappa shape index (κ2) is 6.25. The van der Waals surface area contributed by atoms with Gasteiger partial charge in [-0.3, -0.25) is 4.79 Å². The molecule has 2 nitrogen and oxygen atoms in total. The second-order valence-corrected chi connectivity index (χ2v) is 5.90. The number of carbonyl (C=O) groups is 1. The van der Waals surface area contributed by atoms with Crippen LogP contribution in [0.15, 0.2) is 41.5 Å². The Hall–Kier alpha value is -1.57. The largest absolute Gasteiger partial charge is 0.466 e. The van der Waals surface area contributed by atoms with Crippen LogP contribution in [0, 0.1) is 5.41 Å². The third-order valence-electron chi connectivity index (χ3n) is 4.40. The van der Waals surface area contributed by atoms with Gasteiger partial charge in [0.05, 0.1) is 12.0 Å². The highest BCUT2D eigenvalue weighted by Crippen LogP contribution is 2.42. The minimum absolute atomic E-state index is 0.0318. The van der Waals surface area contributed by atoms with Gasteiger partial charge < -0.3 is 4.74 Å². The molecule has 1 atom stereocenters. The molecule has 0 amide bonds. The zero-order valence-corrected chi connectivity index (χ0v) is 12.7. The summed E-state index contributed by atoms with van der Waals surface area (Å²) < 4.78 is 5.38. The zero-order valence-electron chi connectivity index (χ0n) is 12.7. The fourth-order valence-electron chi connectivity index (χ4n) is 3.06. The number of allylic oxidation sites excluding steroid dienone is 2. The molecule has 0 saturated carbocycles. The normalized spacial score (nSPS) is 22.8. The van der Waals surface area contributed by atoms with E-state index in [4.69, 9.17) is 4.74 Å². The summed E-state index contributed by atoms with van der Waals surface area (Å²) >= 11 is 0. The first-order valence-electron chi connectivity index (χ1n) is 7.44. The fraction of sp³-hybridized carbons (Fsp3) is 0.500. The zero-order chi connectivity index (χ0) is 14.6. The van der Waals surface area contributed by atoms with E-state index in [-0.39, 0.29) is 11.4 Å². The summed E-state index contributed by atoms with van der Waals surface area (Å²) in [6, 6.07) is 10.3. The van der Waals surface area contributed by atoms with Gasteiger partial charge in [0.2, 0.25) is 0 Å². The monoisotopic (exact) mass is 272 g/mol. The van der Waals surface area contributed by atoms with Crippen molar-refractivity contribution in [1.82, 2.24) is 0 Å². The van der Waals surface area contributed by atoms with Gasteiger partial charge in [0.1, 0.15) is 0 Å². The number of hydrogen-bond donors (Lipinski definition) is 0. The van der Waals surface area contributed by atoms with Crippen LogP contribution in [0.3, 0.4) is 0 Å². The molecule has 1 aliphatic rings. The van der Waals surface area contributed by atoms with E-state index in [0.717, 1.165) is 25.7 Å². The van der Waals surface area contributed by atoms with Crippen LogP contribution in [0.2, 0.25) is 0 Å². The molecule has 20 heavy (non-hydrogen) atoms. The molecule has 108 valence electrons. The maximum Gasteiger partial charge on any atom is 0.312 e. The number of ether oxygens (including phenoxy) is 1. The Kier molecular flexibility index (Phi) is 4.64. The minimum Gasteiger partial charge on any atom is -0.466 e. The number of hydrogen-bond acceptors (Lipinski definition) is 2. The summed E-state index contributed by atoms with van der Waals surface area (Å²) in [5.41, 5.74) is 3.62. The highest BCUT2D eigenvalue weighted by Gasteiger charge is 2.42. The molecule has 2 heteroatoms. The topological polar surface area (TPSA) is 26.3 Å². The predicted octanol–water partition coefficient (Wildman–Crippen LogP) is 4.30. The summed E-state index contributed by atoms with van der Waals surface area (Å²) in [7, 11) is 0. The maximum absolute atomic E-state index is 12.5.